The summed E-state index contributed by atoms with van der Waals surface area (Å²) in [7, 11) is 0.405. The van der Waals surface area contributed by atoms with Crippen molar-refractivity contribution in [1.29, 1.82) is 0 Å². The summed E-state index contributed by atoms with van der Waals surface area (Å²) < 4.78 is 59.4. The van der Waals surface area contributed by atoms with E-state index in [0.29, 0.717) is 18.4 Å². The second kappa shape index (κ2) is 5.48. The van der Waals surface area contributed by atoms with Gasteiger partial charge >= 0.3 is 7.12 Å². The molecule has 0 radical (unpaired) electrons. The molecule has 3 rings (SSSR count). The van der Waals surface area contributed by atoms with Gasteiger partial charge in [-0.3, -0.25) is 0 Å². The fourth-order valence-corrected chi connectivity index (χ4v) is 4.05. The van der Waals surface area contributed by atoms with Gasteiger partial charge in [0.1, 0.15) is 5.73 Å². The van der Waals surface area contributed by atoms with E-state index in [0.717, 1.165) is 0 Å². The Morgan fingerprint density at radius 1 is 1.12 bits per heavy atom. The van der Waals surface area contributed by atoms with Crippen LogP contribution in [0.25, 0.3) is 0 Å². The molecule has 136 valence electrons. The number of methoxy groups -OCH3 is 1. The van der Waals surface area contributed by atoms with Gasteiger partial charge in [-0.2, -0.15) is 0 Å². The summed E-state index contributed by atoms with van der Waals surface area (Å²) in [4.78, 5) is 0. The van der Waals surface area contributed by atoms with Crippen molar-refractivity contribution in [2.45, 2.75) is 70.5 Å². The largest absolute Gasteiger partial charge is 0.525 e. The predicted molar refractivity (Wildman–Crippen MR) is 85.4 cm³/mol. The summed E-state index contributed by atoms with van der Waals surface area (Å²) in [5.41, 5.74) is -2.12. The van der Waals surface area contributed by atoms with Gasteiger partial charge in [0.25, 0.3) is 5.92 Å². The van der Waals surface area contributed by atoms with Crippen LogP contribution in [0.2, 0.25) is 0 Å². The van der Waals surface area contributed by atoms with Crippen LogP contribution in [-0.2, 0) is 14.0 Å². The van der Waals surface area contributed by atoms with Crippen molar-refractivity contribution in [3.63, 3.8) is 0 Å². The number of ether oxygens (including phenoxy) is 1. The lowest BCUT2D eigenvalue weighted by Gasteiger charge is -2.32. The molecule has 3 aliphatic rings. The zero-order valence-electron chi connectivity index (χ0n) is 15.0. The molecule has 0 aromatic rings. The van der Waals surface area contributed by atoms with Crippen molar-refractivity contribution < 1.29 is 27.2 Å². The molecule has 0 N–H and O–H groups in total. The highest BCUT2D eigenvalue weighted by atomic mass is 19.3. The van der Waals surface area contributed by atoms with Gasteiger partial charge in [-0.05, 0) is 59.0 Å². The molecular formula is C17H26BF3O3. The lowest BCUT2D eigenvalue weighted by atomic mass is 9.75. The molecule has 1 aliphatic heterocycles. The Balaban J connectivity index is 1.70. The third kappa shape index (κ3) is 2.46. The number of alkyl halides is 2. The first-order valence-electron chi connectivity index (χ1n) is 8.58. The Morgan fingerprint density at radius 2 is 1.62 bits per heavy atom. The van der Waals surface area contributed by atoms with E-state index in [-0.39, 0.29) is 19.4 Å². The smallest absolute Gasteiger partial charge is 0.398 e. The molecule has 1 unspecified atom stereocenters. The average molecular weight is 346 g/mol. The highest BCUT2D eigenvalue weighted by molar-refractivity contribution is 6.53. The molecule has 1 spiro atoms. The third-order valence-electron chi connectivity index (χ3n) is 6.56. The maximum Gasteiger partial charge on any atom is 0.525 e. The summed E-state index contributed by atoms with van der Waals surface area (Å²) in [5.74, 6) is -3.44. The predicted octanol–water partition coefficient (Wildman–Crippen LogP) is 4.31. The highest BCUT2D eigenvalue weighted by Gasteiger charge is 2.79. The average Bonchev–Trinajstić information content (AvgIpc) is 2.80. The van der Waals surface area contributed by atoms with Gasteiger partial charge in [-0.15, -0.1) is 0 Å². The second-order valence-corrected chi connectivity index (χ2v) is 8.33. The van der Waals surface area contributed by atoms with Crippen LogP contribution in [0.5, 0.6) is 0 Å². The minimum atomic E-state index is -2.70. The van der Waals surface area contributed by atoms with E-state index in [1.54, 1.807) is 0 Å². The number of rotatable bonds is 3. The second-order valence-electron chi connectivity index (χ2n) is 8.33. The Morgan fingerprint density at radius 3 is 2.08 bits per heavy atom. The van der Waals surface area contributed by atoms with Crippen molar-refractivity contribution in [3.05, 3.63) is 11.3 Å². The number of hydrogen-bond donors (Lipinski definition) is 0. The molecule has 0 aromatic carbocycles. The minimum Gasteiger partial charge on any atom is -0.398 e. The molecule has 0 bridgehead atoms. The zero-order valence-corrected chi connectivity index (χ0v) is 15.0. The molecule has 3 nitrogen and oxygen atoms in total. The van der Waals surface area contributed by atoms with E-state index >= 15 is 0 Å². The number of hydrogen-bond acceptors (Lipinski definition) is 3. The van der Waals surface area contributed by atoms with Crippen molar-refractivity contribution in [1.82, 2.24) is 0 Å². The summed E-state index contributed by atoms with van der Waals surface area (Å²) in [6.07, 6.45) is 1.23. The number of allylic oxidation sites excluding steroid dienone is 1. The van der Waals surface area contributed by atoms with Crippen molar-refractivity contribution in [3.8, 4) is 0 Å². The molecular weight excluding hydrogens is 320 g/mol. The summed E-state index contributed by atoms with van der Waals surface area (Å²) in [6, 6.07) is 0. The fraction of sp³-hybridized carbons (Fsp3) is 0.882. The van der Waals surface area contributed by atoms with Crippen LogP contribution in [0.3, 0.4) is 0 Å². The standard InChI is InChI=1S/C17H26BF3O3/c1-14(2)15(3,4)24-18(23-14)13(19)11-6-8-16(9-7-11)12(10-22-5)17(16,20)21/h12H,6-10H2,1-5H3. The summed E-state index contributed by atoms with van der Waals surface area (Å²) in [6.45, 7) is 7.51. The van der Waals surface area contributed by atoms with Gasteiger partial charge in [0.15, 0.2) is 0 Å². The molecule has 1 atom stereocenters. The maximum absolute atomic E-state index is 14.8. The van der Waals surface area contributed by atoms with Crippen LogP contribution in [0, 0.1) is 11.3 Å². The molecule has 1 heterocycles. The molecule has 7 heteroatoms. The molecule has 2 saturated carbocycles. The zero-order chi connectivity index (χ0) is 18.0. The lowest BCUT2D eigenvalue weighted by Crippen LogP contribution is -2.41. The first kappa shape index (κ1) is 18.3. The van der Waals surface area contributed by atoms with E-state index in [2.05, 4.69) is 0 Å². The normalized spacial score (nSPS) is 36.2. The van der Waals surface area contributed by atoms with Crippen LogP contribution in [-0.4, -0.2) is 38.0 Å². The van der Waals surface area contributed by atoms with E-state index < -0.39 is 41.3 Å². The lowest BCUT2D eigenvalue weighted by molar-refractivity contribution is 0.00578. The molecule has 24 heavy (non-hydrogen) atoms. The Labute approximate surface area is 142 Å². The molecule has 0 aromatic heterocycles. The third-order valence-corrected chi connectivity index (χ3v) is 6.56. The fourth-order valence-electron chi connectivity index (χ4n) is 4.05. The first-order valence-corrected chi connectivity index (χ1v) is 8.58. The Hall–Kier alpha value is -0.525. The van der Waals surface area contributed by atoms with E-state index in [9.17, 15) is 13.2 Å². The van der Waals surface area contributed by atoms with Gasteiger partial charge in [-0.1, -0.05) is 0 Å². The van der Waals surface area contributed by atoms with Gasteiger partial charge in [0, 0.05) is 12.5 Å². The minimum absolute atomic E-state index is 0.0613. The van der Waals surface area contributed by atoms with Crippen LogP contribution in [0.4, 0.5) is 13.2 Å². The quantitative estimate of drug-likeness (QED) is 0.713. The van der Waals surface area contributed by atoms with E-state index in [1.807, 2.05) is 27.7 Å². The summed E-state index contributed by atoms with van der Waals surface area (Å²) >= 11 is 0. The van der Waals surface area contributed by atoms with E-state index in [1.165, 1.54) is 7.11 Å². The van der Waals surface area contributed by atoms with Crippen LogP contribution in [0.15, 0.2) is 11.3 Å². The van der Waals surface area contributed by atoms with Crippen molar-refractivity contribution >= 4 is 7.12 Å². The molecule has 0 amide bonds. The van der Waals surface area contributed by atoms with Crippen molar-refractivity contribution in [2.75, 3.05) is 13.7 Å². The monoisotopic (exact) mass is 346 g/mol. The van der Waals surface area contributed by atoms with Crippen molar-refractivity contribution in [2.24, 2.45) is 11.3 Å². The van der Waals surface area contributed by atoms with Gasteiger partial charge < -0.3 is 14.0 Å². The highest BCUT2D eigenvalue weighted by Crippen LogP contribution is 2.72. The Kier molecular flexibility index (Phi) is 4.17. The van der Waals surface area contributed by atoms with Gasteiger partial charge in [-0.25, -0.2) is 13.2 Å². The van der Waals surface area contributed by atoms with Gasteiger partial charge in [0.05, 0.1) is 23.7 Å². The Bertz CT molecular complexity index is 533. The maximum atomic E-state index is 14.8. The molecule has 2 aliphatic carbocycles. The SMILES string of the molecule is COCC1C(F)(F)C12CCC(=C(F)B1OC(C)(C)C(C)(C)O1)CC2. The topological polar surface area (TPSA) is 27.7 Å². The van der Waals surface area contributed by atoms with Crippen LogP contribution >= 0.6 is 0 Å². The molecule has 1 saturated heterocycles. The van der Waals surface area contributed by atoms with E-state index in [4.69, 9.17) is 14.0 Å². The van der Waals surface area contributed by atoms with Crippen LogP contribution < -0.4 is 0 Å². The van der Waals surface area contributed by atoms with Gasteiger partial charge in [0.2, 0.25) is 0 Å². The summed E-state index contributed by atoms with van der Waals surface area (Å²) in [5, 5.41) is 0. The van der Waals surface area contributed by atoms with Crippen LogP contribution in [0.1, 0.15) is 53.4 Å². The molecule has 3 fully saturated rings. The first-order chi connectivity index (χ1) is 11.0. The number of halogens is 3.